The van der Waals surface area contributed by atoms with Gasteiger partial charge in [0.25, 0.3) is 5.92 Å². The summed E-state index contributed by atoms with van der Waals surface area (Å²) in [5.74, 6) is -2.38. The number of aliphatic hydroxyl groups is 1. The maximum absolute atomic E-state index is 13.7. The van der Waals surface area contributed by atoms with Crippen molar-refractivity contribution in [1.82, 2.24) is 20.0 Å². The molecule has 0 bridgehead atoms. The fourth-order valence-corrected chi connectivity index (χ4v) is 6.66. The molecule has 10 nitrogen and oxygen atoms in total. The second-order valence-corrected chi connectivity index (χ2v) is 13.4. The molecule has 0 amide bonds. The SMILES string of the molecule is Cc1cc(-n2cc(-c3ccc(NS(=O)(=O)CCO)cc3N3CCC4(CC3)CC4)nn2)cc(N2CCC(F)(F)CC2)n1. The van der Waals surface area contributed by atoms with Crippen LogP contribution in [0.4, 0.5) is 26.0 Å². The number of nitrogens with one attached hydrogen (secondary N) is 1. The summed E-state index contributed by atoms with van der Waals surface area (Å²) >= 11 is 0. The minimum absolute atomic E-state index is 0.196. The van der Waals surface area contributed by atoms with E-state index in [-0.39, 0.29) is 31.7 Å². The van der Waals surface area contributed by atoms with E-state index in [4.69, 9.17) is 5.11 Å². The predicted molar refractivity (Wildman–Crippen MR) is 153 cm³/mol. The Bertz CT molecular complexity index is 1520. The second kappa shape index (κ2) is 10.5. The molecular formula is C28H35F2N7O3S. The zero-order chi connectivity index (χ0) is 28.8. The van der Waals surface area contributed by atoms with Crippen molar-refractivity contribution in [2.75, 3.05) is 53.1 Å². The molecule has 1 saturated carbocycles. The van der Waals surface area contributed by atoms with E-state index in [1.165, 1.54) is 12.8 Å². The summed E-state index contributed by atoms with van der Waals surface area (Å²) in [5, 5.41) is 18.0. The number of hydrogen-bond acceptors (Lipinski definition) is 8. The fraction of sp³-hybridized carbons (Fsp3) is 0.536. The van der Waals surface area contributed by atoms with E-state index in [0.717, 1.165) is 48.6 Å². The monoisotopic (exact) mass is 587 g/mol. The Kier molecular flexibility index (Phi) is 7.13. The zero-order valence-corrected chi connectivity index (χ0v) is 23.9. The number of piperidine rings is 2. The number of aliphatic hydroxyl groups excluding tert-OH is 1. The van der Waals surface area contributed by atoms with Crippen molar-refractivity contribution >= 4 is 27.2 Å². The summed E-state index contributed by atoms with van der Waals surface area (Å²) in [7, 11) is -3.68. The van der Waals surface area contributed by atoms with E-state index in [1.807, 2.05) is 42.3 Å². The molecule has 2 saturated heterocycles. The van der Waals surface area contributed by atoms with Gasteiger partial charge in [-0.05, 0) is 62.3 Å². The lowest BCUT2D eigenvalue weighted by atomic mass is 9.93. The van der Waals surface area contributed by atoms with E-state index in [1.54, 1.807) is 10.7 Å². The van der Waals surface area contributed by atoms with Gasteiger partial charge in [-0.3, -0.25) is 4.72 Å². The molecule has 1 spiro atoms. The Balaban J connectivity index is 1.30. The molecule has 13 heteroatoms. The number of rotatable bonds is 8. The van der Waals surface area contributed by atoms with Gasteiger partial charge in [0, 0.05) is 62.0 Å². The molecular weight excluding hydrogens is 552 g/mol. The molecule has 1 aliphatic carbocycles. The maximum atomic E-state index is 13.7. The lowest BCUT2D eigenvalue weighted by Crippen LogP contribution is -2.39. The van der Waals surface area contributed by atoms with Gasteiger partial charge in [0.05, 0.1) is 29.9 Å². The number of alkyl halides is 2. The molecule has 2 N–H and O–H groups in total. The number of benzene rings is 1. The quantitative estimate of drug-likeness (QED) is 0.407. The summed E-state index contributed by atoms with van der Waals surface area (Å²) in [5.41, 5.74) is 4.71. The largest absolute Gasteiger partial charge is 0.395 e. The van der Waals surface area contributed by atoms with Gasteiger partial charge in [-0.2, -0.15) is 0 Å². The summed E-state index contributed by atoms with van der Waals surface area (Å²) in [6.45, 7) is 3.62. The van der Waals surface area contributed by atoms with Gasteiger partial charge in [0.2, 0.25) is 10.0 Å². The van der Waals surface area contributed by atoms with Crippen LogP contribution < -0.4 is 14.5 Å². The normalized spacial score (nSPS) is 19.9. The van der Waals surface area contributed by atoms with Crippen molar-refractivity contribution in [3.63, 3.8) is 0 Å². The summed E-state index contributed by atoms with van der Waals surface area (Å²) in [4.78, 5) is 8.74. The van der Waals surface area contributed by atoms with Gasteiger partial charge in [-0.25, -0.2) is 26.9 Å². The number of nitrogens with zero attached hydrogens (tertiary/aromatic N) is 6. The van der Waals surface area contributed by atoms with Gasteiger partial charge in [0.1, 0.15) is 11.5 Å². The smallest absolute Gasteiger partial charge is 0.251 e. The van der Waals surface area contributed by atoms with Crippen molar-refractivity contribution in [2.45, 2.75) is 51.4 Å². The Morgan fingerprint density at radius 2 is 1.68 bits per heavy atom. The molecule has 1 aromatic carbocycles. The van der Waals surface area contributed by atoms with E-state index in [2.05, 4.69) is 24.9 Å². The molecule has 0 unspecified atom stereocenters. The van der Waals surface area contributed by atoms with Gasteiger partial charge in [0.15, 0.2) is 0 Å². The lowest BCUT2D eigenvalue weighted by Gasteiger charge is -2.35. The van der Waals surface area contributed by atoms with Crippen LogP contribution in [0.5, 0.6) is 0 Å². The van der Waals surface area contributed by atoms with Gasteiger partial charge < -0.3 is 14.9 Å². The molecule has 0 atom stereocenters. The van der Waals surface area contributed by atoms with Crippen LogP contribution in [0.1, 0.15) is 44.2 Å². The van der Waals surface area contributed by atoms with Crippen LogP contribution in [0.2, 0.25) is 0 Å². The third kappa shape index (κ3) is 6.15. The fourth-order valence-electron chi connectivity index (χ4n) is 5.83. The van der Waals surface area contributed by atoms with Crippen LogP contribution in [0.25, 0.3) is 16.9 Å². The van der Waals surface area contributed by atoms with Crippen LogP contribution in [-0.2, 0) is 10.0 Å². The Morgan fingerprint density at radius 3 is 2.37 bits per heavy atom. The van der Waals surface area contributed by atoms with Crippen molar-refractivity contribution < 1.29 is 22.3 Å². The minimum Gasteiger partial charge on any atom is -0.395 e. The number of sulfonamides is 1. The lowest BCUT2D eigenvalue weighted by molar-refractivity contribution is -0.0221. The van der Waals surface area contributed by atoms with Crippen LogP contribution in [0.15, 0.2) is 36.5 Å². The highest BCUT2D eigenvalue weighted by Crippen LogP contribution is 2.54. The van der Waals surface area contributed by atoms with Crippen LogP contribution >= 0.6 is 0 Å². The highest BCUT2D eigenvalue weighted by molar-refractivity contribution is 7.92. The number of aryl methyl sites for hydroxylation is 1. The summed E-state index contributed by atoms with van der Waals surface area (Å²) in [6.07, 6.45) is 6.17. The number of aromatic nitrogens is 4. The van der Waals surface area contributed by atoms with Crippen molar-refractivity contribution in [3.8, 4) is 16.9 Å². The third-order valence-corrected chi connectivity index (χ3v) is 9.80. The van der Waals surface area contributed by atoms with Crippen LogP contribution in [0.3, 0.4) is 0 Å². The number of pyridine rings is 1. The van der Waals surface area contributed by atoms with E-state index in [0.29, 0.717) is 22.6 Å². The van der Waals surface area contributed by atoms with E-state index in [9.17, 15) is 17.2 Å². The first kappa shape index (κ1) is 27.8. The van der Waals surface area contributed by atoms with Crippen LogP contribution in [-0.4, -0.2) is 78.0 Å². The standard InChI is InChI=1S/C28H35F2N7O3S/c1-20-16-22(18-26(31-20)36-12-8-28(29,30)9-13-36)37-19-24(32-34-37)23-3-2-21(33-41(39,40)15-14-38)17-25(23)35-10-6-27(4-5-27)7-11-35/h2-3,16-19,33,38H,4-15H2,1H3. The summed E-state index contributed by atoms with van der Waals surface area (Å²) < 4.78 is 56.3. The van der Waals surface area contributed by atoms with Gasteiger partial charge in [-0.15, -0.1) is 5.10 Å². The average Bonchev–Trinajstić information content (AvgIpc) is 3.48. The van der Waals surface area contributed by atoms with Crippen molar-refractivity contribution in [3.05, 3.63) is 42.2 Å². The van der Waals surface area contributed by atoms with Crippen molar-refractivity contribution in [2.24, 2.45) is 5.41 Å². The first-order valence-corrected chi connectivity index (χ1v) is 15.7. The number of halogens is 2. The third-order valence-electron chi connectivity index (χ3n) is 8.53. The number of hydrogen-bond donors (Lipinski definition) is 2. The van der Waals surface area contributed by atoms with Gasteiger partial charge >= 0.3 is 0 Å². The molecule has 3 aliphatic rings. The zero-order valence-electron chi connectivity index (χ0n) is 23.1. The minimum atomic E-state index is -3.68. The highest BCUT2D eigenvalue weighted by Gasteiger charge is 2.44. The van der Waals surface area contributed by atoms with Gasteiger partial charge in [-0.1, -0.05) is 5.21 Å². The predicted octanol–water partition coefficient (Wildman–Crippen LogP) is 3.99. The highest BCUT2D eigenvalue weighted by atomic mass is 32.2. The Morgan fingerprint density at radius 1 is 0.976 bits per heavy atom. The summed E-state index contributed by atoms with van der Waals surface area (Å²) in [6, 6.07) is 9.09. The molecule has 4 heterocycles. The number of anilines is 3. The first-order chi connectivity index (χ1) is 19.5. The van der Waals surface area contributed by atoms with E-state index >= 15 is 0 Å². The topological polar surface area (TPSA) is 116 Å². The van der Waals surface area contributed by atoms with Crippen LogP contribution in [0, 0.1) is 12.3 Å². The molecule has 2 aromatic heterocycles. The molecule has 6 rings (SSSR count). The van der Waals surface area contributed by atoms with Crippen molar-refractivity contribution in [1.29, 1.82) is 0 Å². The molecule has 3 fully saturated rings. The second-order valence-electron chi connectivity index (χ2n) is 11.6. The maximum Gasteiger partial charge on any atom is 0.251 e. The van der Waals surface area contributed by atoms with E-state index < -0.39 is 22.6 Å². The molecule has 3 aromatic rings. The Labute approximate surface area is 238 Å². The Hall–Kier alpha value is -3.32. The molecule has 0 radical (unpaired) electrons. The average molecular weight is 588 g/mol. The molecule has 2 aliphatic heterocycles. The first-order valence-electron chi connectivity index (χ1n) is 14.1. The molecule has 41 heavy (non-hydrogen) atoms. The molecule has 220 valence electrons.